The number of benzene rings is 1. The molecule has 3 aromatic rings. The van der Waals surface area contributed by atoms with E-state index in [2.05, 4.69) is 41.3 Å². The Balaban J connectivity index is 1.80. The van der Waals surface area contributed by atoms with E-state index in [1.54, 1.807) is 6.92 Å². The van der Waals surface area contributed by atoms with Crippen LogP contribution in [0, 0.1) is 5.82 Å². The molecule has 0 radical (unpaired) electrons. The largest absolute Gasteiger partial charge is 0.506 e. The third-order valence-electron chi connectivity index (χ3n) is 5.71. The number of para-hydroxylation sites is 1. The number of rotatable bonds is 10. The van der Waals surface area contributed by atoms with Crippen molar-refractivity contribution in [3.63, 3.8) is 0 Å². The molecule has 1 aliphatic heterocycles. The van der Waals surface area contributed by atoms with Crippen molar-refractivity contribution in [3.05, 3.63) is 65.6 Å². The average Bonchev–Trinajstić information content (AvgIpc) is 3.33. The van der Waals surface area contributed by atoms with Gasteiger partial charge in [-0.25, -0.2) is 32.2 Å². The number of hydrogen-bond acceptors (Lipinski definition) is 10. The van der Waals surface area contributed by atoms with Crippen molar-refractivity contribution >= 4 is 27.6 Å². The Morgan fingerprint density at radius 1 is 1.21 bits per heavy atom. The summed E-state index contributed by atoms with van der Waals surface area (Å²) in [7, 11) is -2.83. The molecule has 1 aromatic carbocycles. The van der Waals surface area contributed by atoms with Crippen LogP contribution < -0.4 is 9.46 Å². The Hall–Kier alpha value is -4.58. The third kappa shape index (κ3) is 5.80. The molecular formula is C24H23F2N7O5S. The van der Waals surface area contributed by atoms with E-state index in [4.69, 9.17) is 9.47 Å². The standard InChI is InChI=1S/C24H23F2N7O5S/c1-14(22-27-12-16(26)13-28-22)15(2)39(35,36)32-24-31-30-23(17-6-4-9-20(29-17)38-11-10-25)33(24)21-18(34)7-5-8-19(21)37-3/h5,7-9,12-15,34H,10-11H2,1-3H3,(H,31,32)/t14-,15-/m0/s1. The number of nitrogens with one attached hydrogen (secondary N) is 1. The molecule has 2 N–H and O–H groups in total. The van der Waals surface area contributed by atoms with Gasteiger partial charge in [0.2, 0.25) is 21.9 Å². The summed E-state index contributed by atoms with van der Waals surface area (Å²) in [5.74, 6) is -1.75. The Morgan fingerprint density at radius 3 is 2.64 bits per heavy atom. The van der Waals surface area contributed by atoms with Gasteiger partial charge in [-0.15, -0.1) is 10.2 Å². The van der Waals surface area contributed by atoms with Crippen LogP contribution in [0.1, 0.15) is 31.4 Å². The molecule has 2 aromatic heterocycles. The van der Waals surface area contributed by atoms with Gasteiger partial charge in [-0.05, 0) is 24.8 Å². The third-order valence-corrected chi connectivity index (χ3v) is 7.56. The fraction of sp³-hybridized carbons (Fsp3) is 0.292. The van der Waals surface area contributed by atoms with Crippen LogP contribution in [0.2, 0.25) is 0 Å². The number of sulfonamides is 1. The SMILES string of the molecule is COc1cccc(O)c1-n1c(NS(=O)(=O)[C@@H](C)[C@H](C)c2ncc(F)cn2)nnc1C1=C=C=CC(OCCF)=N1. The van der Waals surface area contributed by atoms with Gasteiger partial charge in [0.25, 0.3) is 0 Å². The van der Waals surface area contributed by atoms with E-state index in [0.717, 1.165) is 12.4 Å². The molecule has 12 nitrogen and oxygen atoms in total. The van der Waals surface area contributed by atoms with Crippen LogP contribution in [-0.2, 0) is 14.8 Å². The molecule has 4 rings (SSSR count). The van der Waals surface area contributed by atoms with Gasteiger partial charge < -0.3 is 14.6 Å². The second-order valence-electron chi connectivity index (χ2n) is 8.16. The number of anilines is 1. The Morgan fingerprint density at radius 2 is 1.95 bits per heavy atom. The molecule has 0 aliphatic carbocycles. The molecule has 3 heterocycles. The van der Waals surface area contributed by atoms with Crippen molar-refractivity contribution in [2.24, 2.45) is 4.99 Å². The minimum atomic E-state index is -4.20. The second kappa shape index (κ2) is 11.4. The van der Waals surface area contributed by atoms with Gasteiger partial charge in [-0.1, -0.05) is 18.7 Å². The number of aromatic nitrogens is 5. The normalized spacial score (nSPS) is 14.4. The predicted molar refractivity (Wildman–Crippen MR) is 136 cm³/mol. The summed E-state index contributed by atoms with van der Waals surface area (Å²) in [6, 6.07) is 4.43. The average molecular weight is 560 g/mol. The van der Waals surface area contributed by atoms with E-state index >= 15 is 0 Å². The molecule has 2 atom stereocenters. The fourth-order valence-electron chi connectivity index (χ4n) is 3.53. The fourth-order valence-corrected chi connectivity index (χ4v) is 4.76. The molecule has 39 heavy (non-hydrogen) atoms. The van der Waals surface area contributed by atoms with Crippen molar-refractivity contribution in [2.45, 2.75) is 25.0 Å². The monoisotopic (exact) mass is 559 g/mol. The number of ether oxygens (including phenoxy) is 2. The summed E-state index contributed by atoms with van der Waals surface area (Å²) in [5, 5.41) is 17.7. The number of nitrogens with zero attached hydrogens (tertiary/aromatic N) is 6. The summed E-state index contributed by atoms with van der Waals surface area (Å²) < 4.78 is 66.9. The number of hydrogen-bond donors (Lipinski definition) is 2. The lowest BCUT2D eigenvalue weighted by molar-refractivity contribution is 0.264. The van der Waals surface area contributed by atoms with Gasteiger partial charge >= 0.3 is 0 Å². The molecule has 0 spiro atoms. The Kier molecular flexibility index (Phi) is 8.05. The summed E-state index contributed by atoms with van der Waals surface area (Å²) in [6.45, 7) is 2.02. The lowest BCUT2D eigenvalue weighted by atomic mass is 10.1. The van der Waals surface area contributed by atoms with E-state index in [1.807, 2.05) is 0 Å². The van der Waals surface area contributed by atoms with Crippen LogP contribution in [0.3, 0.4) is 0 Å². The zero-order valence-electron chi connectivity index (χ0n) is 21.0. The van der Waals surface area contributed by atoms with Crippen LogP contribution >= 0.6 is 0 Å². The minimum absolute atomic E-state index is 0.00514. The topological polar surface area (TPSA) is 154 Å². The minimum Gasteiger partial charge on any atom is -0.506 e. The van der Waals surface area contributed by atoms with Crippen molar-refractivity contribution in [2.75, 3.05) is 25.1 Å². The number of halogens is 2. The highest BCUT2D eigenvalue weighted by molar-refractivity contribution is 7.93. The predicted octanol–water partition coefficient (Wildman–Crippen LogP) is 2.89. The van der Waals surface area contributed by atoms with E-state index in [-0.39, 0.29) is 53.0 Å². The number of alkyl halides is 1. The van der Waals surface area contributed by atoms with Gasteiger partial charge in [0, 0.05) is 5.92 Å². The first kappa shape index (κ1) is 27.5. The van der Waals surface area contributed by atoms with Gasteiger partial charge in [0.05, 0.1) is 30.8 Å². The first-order valence-corrected chi connectivity index (χ1v) is 13.0. The smallest absolute Gasteiger partial charge is 0.243 e. The molecule has 204 valence electrons. The van der Waals surface area contributed by atoms with Gasteiger partial charge in [0.15, 0.2) is 17.3 Å². The molecular weight excluding hydrogens is 536 g/mol. The number of methoxy groups -OCH3 is 1. The lowest BCUT2D eigenvalue weighted by Crippen LogP contribution is -2.31. The number of phenolic OH excluding ortho intramolecular Hbond substituents is 1. The van der Waals surface area contributed by atoms with Crippen LogP contribution in [0.25, 0.3) is 11.4 Å². The summed E-state index contributed by atoms with van der Waals surface area (Å²) in [5.41, 5.74) is 5.43. The van der Waals surface area contributed by atoms with Gasteiger partial charge in [-0.3, -0.25) is 9.29 Å². The maximum Gasteiger partial charge on any atom is 0.243 e. The molecule has 1 aliphatic rings. The maximum absolute atomic E-state index is 13.4. The molecule has 0 bridgehead atoms. The summed E-state index contributed by atoms with van der Waals surface area (Å²) in [4.78, 5) is 12.0. The first-order chi connectivity index (χ1) is 18.7. The molecule has 0 unspecified atom stereocenters. The van der Waals surface area contributed by atoms with E-state index in [9.17, 15) is 22.3 Å². The summed E-state index contributed by atoms with van der Waals surface area (Å²) >= 11 is 0. The molecule has 0 saturated carbocycles. The van der Waals surface area contributed by atoms with Crippen LogP contribution in [0.4, 0.5) is 14.7 Å². The van der Waals surface area contributed by atoms with Crippen molar-refractivity contribution < 1.29 is 31.8 Å². The van der Waals surface area contributed by atoms with Gasteiger partial charge in [0.1, 0.15) is 36.3 Å². The molecule has 0 amide bonds. The summed E-state index contributed by atoms with van der Waals surface area (Å²) in [6.07, 6.45) is 3.24. The zero-order valence-corrected chi connectivity index (χ0v) is 21.8. The Labute approximate surface area is 222 Å². The number of phenols is 1. The van der Waals surface area contributed by atoms with Crippen molar-refractivity contribution in [3.8, 4) is 17.2 Å². The molecule has 0 fully saturated rings. The number of aliphatic imine (C=N–C) groups is 1. The molecule has 15 heteroatoms. The molecule has 0 saturated heterocycles. The quantitative estimate of drug-likeness (QED) is 0.357. The van der Waals surface area contributed by atoms with Crippen molar-refractivity contribution in [1.82, 2.24) is 24.7 Å². The highest BCUT2D eigenvalue weighted by Gasteiger charge is 2.32. The Bertz CT molecular complexity index is 1610. The second-order valence-corrected chi connectivity index (χ2v) is 10.2. The van der Waals surface area contributed by atoms with Crippen LogP contribution in [0.5, 0.6) is 11.5 Å². The first-order valence-electron chi connectivity index (χ1n) is 11.5. The van der Waals surface area contributed by atoms with Crippen molar-refractivity contribution in [1.29, 1.82) is 0 Å². The highest BCUT2D eigenvalue weighted by Crippen LogP contribution is 2.36. The zero-order chi connectivity index (χ0) is 28.2. The maximum atomic E-state index is 13.4. The van der Waals surface area contributed by atoms with E-state index < -0.39 is 33.7 Å². The highest BCUT2D eigenvalue weighted by atomic mass is 32.2. The van der Waals surface area contributed by atoms with Crippen LogP contribution in [-0.4, -0.2) is 69.8 Å². The lowest BCUT2D eigenvalue weighted by Gasteiger charge is -2.21. The number of aromatic hydroxyl groups is 1. The van der Waals surface area contributed by atoms with E-state index in [1.165, 1.54) is 42.9 Å². The van der Waals surface area contributed by atoms with Crippen LogP contribution in [0.15, 0.2) is 53.1 Å². The van der Waals surface area contributed by atoms with E-state index in [0.29, 0.717) is 0 Å². The van der Waals surface area contributed by atoms with Gasteiger partial charge in [-0.2, -0.15) is 0 Å².